The fraction of sp³-hybridized carbons (Fsp3) is 0.0455. The summed E-state index contributed by atoms with van der Waals surface area (Å²) in [5.74, 6) is -2.21. The van der Waals surface area contributed by atoms with Gasteiger partial charge in [-0.25, -0.2) is 13.2 Å². The van der Waals surface area contributed by atoms with Gasteiger partial charge in [0.2, 0.25) is 0 Å². The Kier molecular flexibility index (Phi) is 6.24. The van der Waals surface area contributed by atoms with Gasteiger partial charge in [0.25, 0.3) is 5.91 Å². The maximum Gasteiger partial charge on any atom is 0.337 e. The SMILES string of the molecule is CS(=O)(=O)c1cccc(C(=O)c2ccc(C(=O)Nc3ccc(Cl)cc3C(=O)O)cc2)c1. The van der Waals surface area contributed by atoms with Crippen molar-refractivity contribution < 1.29 is 27.9 Å². The minimum Gasteiger partial charge on any atom is -0.478 e. The number of hydrogen-bond donors (Lipinski definition) is 2. The summed E-state index contributed by atoms with van der Waals surface area (Å²) < 4.78 is 23.4. The highest BCUT2D eigenvalue weighted by molar-refractivity contribution is 7.90. The van der Waals surface area contributed by atoms with Gasteiger partial charge in [0.1, 0.15) is 0 Å². The quantitative estimate of drug-likeness (QED) is 0.541. The number of carboxylic acids is 1. The fourth-order valence-electron chi connectivity index (χ4n) is 2.80. The van der Waals surface area contributed by atoms with E-state index in [1.165, 1.54) is 66.7 Å². The zero-order valence-electron chi connectivity index (χ0n) is 16.1. The number of carbonyl (C=O) groups is 3. The van der Waals surface area contributed by atoms with Crippen molar-refractivity contribution in [3.8, 4) is 0 Å². The summed E-state index contributed by atoms with van der Waals surface area (Å²) in [7, 11) is -3.46. The number of benzene rings is 3. The molecule has 0 saturated heterocycles. The van der Waals surface area contributed by atoms with Crippen LogP contribution in [-0.4, -0.2) is 37.4 Å². The van der Waals surface area contributed by atoms with Gasteiger partial charge >= 0.3 is 5.97 Å². The molecule has 0 heterocycles. The molecule has 1 amide bonds. The highest BCUT2D eigenvalue weighted by Crippen LogP contribution is 2.22. The van der Waals surface area contributed by atoms with Gasteiger partial charge in [0.15, 0.2) is 15.6 Å². The van der Waals surface area contributed by atoms with E-state index in [0.29, 0.717) is 0 Å². The predicted octanol–water partition coefficient (Wildman–Crippen LogP) is 3.93. The number of anilines is 1. The zero-order chi connectivity index (χ0) is 22.8. The number of amides is 1. The Labute approximate surface area is 183 Å². The first-order chi connectivity index (χ1) is 14.6. The van der Waals surface area contributed by atoms with E-state index in [2.05, 4.69) is 5.32 Å². The van der Waals surface area contributed by atoms with Crippen molar-refractivity contribution in [2.75, 3.05) is 11.6 Å². The molecule has 9 heteroatoms. The Morgan fingerprint density at radius 3 is 2.13 bits per heavy atom. The monoisotopic (exact) mass is 457 g/mol. The summed E-state index contributed by atoms with van der Waals surface area (Å²) in [5.41, 5.74) is 0.595. The van der Waals surface area contributed by atoms with Crippen LogP contribution in [0.15, 0.2) is 71.6 Å². The van der Waals surface area contributed by atoms with Crippen LogP contribution < -0.4 is 5.32 Å². The molecule has 0 radical (unpaired) electrons. The van der Waals surface area contributed by atoms with Crippen LogP contribution in [0.25, 0.3) is 0 Å². The van der Waals surface area contributed by atoms with Gasteiger partial charge in [0, 0.05) is 28.0 Å². The van der Waals surface area contributed by atoms with Crippen molar-refractivity contribution in [1.29, 1.82) is 0 Å². The molecule has 0 atom stereocenters. The lowest BCUT2D eigenvalue weighted by molar-refractivity contribution is 0.0697. The second kappa shape index (κ2) is 8.71. The molecule has 0 unspecified atom stereocenters. The minimum atomic E-state index is -3.46. The van der Waals surface area contributed by atoms with Gasteiger partial charge in [-0.15, -0.1) is 0 Å². The number of ketones is 1. The molecular weight excluding hydrogens is 442 g/mol. The molecule has 0 aliphatic rings. The third-order valence-corrected chi connectivity index (χ3v) is 5.74. The number of halogens is 1. The van der Waals surface area contributed by atoms with Crippen molar-refractivity contribution in [2.24, 2.45) is 0 Å². The lowest BCUT2D eigenvalue weighted by Crippen LogP contribution is -2.15. The third kappa shape index (κ3) is 5.17. The van der Waals surface area contributed by atoms with E-state index in [0.717, 1.165) is 6.26 Å². The third-order valence-electron chi connectivity index (χ3n) is 4.39. The number of hydrogen-bond acceptors (Lipinski definition) is 5. The normalized spacial score (nSPS) is 11.0. The highest BCUT2D eigenvalue weighted by Gasteiger charge is 2.16. The minimum absolute atomic E-state index is 0.0338. The number of rotatable bonds is 6. The Morgan fingerprint density at radius 2 is 1.52 bits per heavy atom. The van der Waals surface area contributed by atoms with Gasteiger partial charge < -0.3 is 10.4 Å². The van der Waals surface area contributed by atoms with Crippen molar-refractivity contribution in [3.63, 3.8) is 0 Å². The van der Waals surface area contributed by atoms with Crippen molar-refractivity contribution >= 4 is 44.8 Å². The first kappa shape index (κ1) is 22.2. The Morgan fingerprint density at radius 1 is 0.871 bits per heavy atom. The number of carboxylic acid groups (broad SMARTS) is 1. The van der Waals surface area contributed by atoms with E-state index < -0.39 is 27.5 Å². The van der Waals surface area contributed by atoms with Gasteiger partial charge in [-0.3, -0.25) is 9.59 Å². The molecule has 2 N–H and O–H groups in total. The molecule has 7 nitrogen and oxygen atoms in total. The maximum absolute atomic E-state index is 12.7. The molecule has 0 aliphatic carbocycles. The first-order valence-electron chi connectivity index (χ1n) is 8.85. The Balaban J connectivity index is 1.81. The van der Waals surface area contributed by atoms with Crippen molar-refractivity contribution in [1.82, 2.24) is 0 Å². The molecule has 3 aromatic rings. The molecule has 0 saturated carbocycles. The Hall–Kier alpha value is -3.49. The summed E-state index contributed by atoms with van der Waals surface area (Å²) in [5, 5.41) is 12.0. The van der Waals surface area contributed by atoms with E-state index in [1.54, 1.807) is 0 Å². The highest BCUT2D eigenvalue weighted by atomic mass is 35.5. The van der Waals surface area contributed by atoms with Gasteiger partial charge in [-0.05, 0) is 42.5 Å². The summed E-state index contributed by atoms with van der Waals surface area (Å²) in [6, 6.07) is 15.5. The lowest BCUT2D eigenvalue weighted by atomic mass is 10.0. The summed E-state index contributed by atoms with van der Waals surface area (Å²) in [6.45, 7) is 0. The number of carbonyl (C=O) groups excluding carboxylic acids is 2. The summed E-state index contributed by atoms with van der Waals surface area (Å²) in [6.07, 6.45) is 1.06. The average Bonchev–Trinajstić information content (AvgIpc) is 2.74. The van der Waals surface area contributed by atoms with Crippen LogP contribution in [0, 0.1) is 0 Å². The predicted molar refractivity (Wildman–Crippen MR) is 116 cm³/mol. The average molecular weight is 458 g/mol. The number of nitrogens with one attached hydrogen (secondary N) is 1. The molecule has 3 rings (SSSR count). The largest absolute Gasteiger partial charge is 0.478 e. The van der Waals surface area contributed by atoms with E-state index in [9.17, 15) is 27.9 Å². The zero-order valence-corrected chi connectivity index (χ0v) is 17.7. The Bertz CT molecular complexity index is 1300. The van der Waals surface area contributed by atoms with Gasteiger partial charge in [-0.2, -0.15) is 0 Å². The fourth-order valence-corrected chi connectivity index (χ4v) is 3.64. The summed E-state index contributed by atoms with van der Waals surface area (Å²) in [4.78, 5) is 36.5. The van der Waals surface area contributed by atoms with E-state index in [-0.39, 0.29) is 37.9 Å². The van der Waals surface area contributed by atoms with Gasteiger partial charge in [0.05, 0.1) is 16.1 Å². The van der Waals surface area contributed by atoms with E-state index in [4.69, 9.17) is 11.6 Å². The van der Waals surface area contributed by atoms with Crippen LogP contribution in [0.5, 0.6) is 0 Å². The van der Waals surface area contributed by atoms with Crippen LogP contribution in [0.4, 0.5) is 5.69 Å². The van der Waals surface area contributed by atoms with Crippen molar-refractivity contribution in [3.05, 3.63) is 94.0 Å². The number of aromatic carboxylic acids is 1. The standard InChI is InChI=1S/C22H16ClNO6S/c1-31(29,30)17-4-2-3-15(11-17)20(25)13-5-7-14(8-6-13)21(26)24-19-10-9-16(23)12-18(19)22(27)28/h2-12H,1H3,(H,24,26)(H,27,28). The van der Waals surface area contributed by atoms with Crippen molar-refractivity contribution in [2.45, 2.75) is 4.90 Å². The second-order valence-corrected chi connectivity index (χ2v) is 9.11. The first-order valence-corrected chi connectivity index (χ1v) is 11.1. The van der Waals surface area contributed by atoms with E-state index >= 15 is 0 Å². The molecule has 31 heavy (non-hydrogen) atoms. The molecule has 0 fully saturated rings. The molecule has 3 aromatic carbocycles. The number of sulfone groups is 1. The van der Waals surface area contributed by atoms with Crippen LogP contribution >= 0.6 is 11.6 Å². The van der Waals surface area contributed by atoms with Crippen LogP contribution in [0.1, 0.15) is 36.6 Å². The van der Waals surface area contributed by atoms with E-state index in [1.807, 2.05) is 0 Å². The lowest BCUT2D eigenvalue weighted by Gasteiger charge is -2.09. The molecule has 0 aliphatic heterocycles. The molecule has 0 bridgehead atoms. The van der Waals surface area contributed by atoms with Crippen LogP contribution in [0.2, 0.25) is 5.02 Å². The molecular formula is C22H16ClNO6S. The molecule has 158 valence electrons. The van der Waals surface area contributed by atoms with Crippen LogP contribution in [0.3, 0.4) is 0 Å². The summed E-state index contributed by atoms with van der Waals surface area (Å²) >= 11 is 5.81. The maximum atomic E-state index is 12.7. The van der Waals surface area contributed by atoms with Gasteiger partial charge in [-0.1, -0.05) is 35.9 Å². The topological polar surface area (TPSA) is 118 Å². The second-order valence-electron chi connectivity index (χ2n) is 6.66. The smallest absolute Gasteiger partial charge is 0.337 e. The molecule has 0 aromatic heterocycles. The molecule has 0 spiro atoms. The van der Waals surface area contributed by atoms with Crippen LogP contribution in [-0.2, 0) is 9.84 Å².